The van der Waals surface area contributed by atoms with E-state index in [0.717, 1.165) is 25.3 Å². The predicted octanol–water partition coefficient (Wildman–Crippen LogP) is 2.30. The summed E-state index contributed by atoms with van der Waals surface area (Å²) in [6.45, 7) is 0.477. The van der Waals surface area contributed by atoms with Crippen LogP contribution in [0.5, 0.6) is 0 Å². The number of non-ortho nitro benzene ring substituents is 1. The fraction of sp³-hybridized carbons (Fsp3) is 0.500. The van der Waals surface area contributed by atoms with Gasteiger partial charge < -0.3 is 0 Å². The van der Waals surface area contributed by atoms with Gasteiger partial charge in [-0.3, -0.25) is 10.1 Å². The topological polar surface area (TPSA) is 104 Å². The van der Waals surface area contributed by atoms with Crippen molar-refractivity contribution >= 4 is 15.7 Å². The average molecular weight is 323 g/mol. The molecule has 1 aromatic rings. The zero-order valence-corrected chi connectivity index (χ0v) is 12.8. The number of benzene rings is 1. The number of nitrogens with zero attached hydrogens (tertiary/aromatic N) is 3. The summed E-state index contributed by atoms with van der Waals surface area (Å²) in [6, 6.07) is 6.97. The van der Waals surface area contributed by atoms with Crippen molar-refractivity contribution in [3.8, 4) is 6.07 Å². The van der Waals surface area contributed by atoms with Crippen molar-refractivity contribution in [2.24, 2.45) is 5.92 Å². The summed E-state index contributed by atoms with van der Waals surface area (Å²) in [7, 11) is -3.82. The van der Waals surface area contributed by atoms with Crippen LogP contribution in [0.4, 0.5) is 5.69 Å². The molecule has 2 rings (SSSR count). The minimum absolute atomic E-state index is 0.0981. The van der Waals surface area contributed by atoms with E-state index in [1.165, 1.54) is 22.5 Å². The molecule has 0 atom stereocenters. The summed E-state index contributed by atoms with van der Waals surface area (Å²) in [5.74, 6) is 0.312. The van der Waals surface area contributed by atoms with E-state index in [1.807, 2.05) is 6.07 Å². The maximum absolute atomic E-state index is 12.7. The third-order valence-corrected chi connectivity index (χ3v) is 5.69. The molecule has 1 fully saturated rings. The van der Waals surface area contributed by atoms with E-state index in [1.54, 1.807) is 0 Å². The van der Waals surface area contributed by atoms with Crippen LogP contribution in [0.3, 0.4) is 0 Å². The van der Waals surface area contributed by atoms with E-state index in [4.69, 9.17) is 5.26 Å². The Bertz CT molecular complexity index is 692. The molecule has 22 heavy (non-hydrogen) atoms. The SMILES string of the molecule is N#CCCN(CC1CCC1)S(=O)(=O)c1cccc([N+](=O)[O-])c1. The van der Waals surface area contributed by atoms with Crippen LogP contribution >= 0.6 is 0 Å². The molecular formula is C14H17N3O4S. The van der Waals surface area contributed by atoms with Gasteiger partial charge in [-0.05, 0) is 24.8 Å². The molecule has 0 spiro atoms. The van der Waals surface area contributed by atoms with E-state index >= 15 is 0 Å². The highest BCUT2D eigenvalue weighted by atomic mass is 32.2. The molecule has 0 saturated heterocycles. The van der Waals surface area contributed by atoms with Crippen molar-refractivity contribution in [2.45, 2.75) is 30.6 Å². The largest absolute Gasteiger partial charge is 0.270 e. The number of hydrogen-bond acceptors (Lipinski definition) is 5. The molecule has 0 aromatic heterocycles. The summed E-state index contributed by atoms with van der Waals surface area (Å²) in [5, 5.41) is 19.5. The lowest BCUT2D eigenvalue weighted by atomic mass is 9.85. The van der Waals surface area contributed by atoms with Crippen molar-refractivity contribution < 1.29 is 13.3 Å². The monoisotopic (exact) mass is 323 g/mol. The molecule has 0 amide bonds. The number of nitriles is 1. The third-order valence-electron chi connectivity index (χ3n) is 3.83. The quantitative estimate of drug-likeness (QED) is 0.565. The summed E-state index contributed by atoms with van der Waals surface area (Å²) in [6.07, 6.45) is 3.15. The Kier molecular flexibility index (Phi) is 5.11. The van der Waals surface area contributed by atoms with Gasteiger partial charge in [-0.1, -0.05) is 12.5 Å². The van der Waals surface area contributed by atoms with E-state index in [-0.39, 0.29) is 23.5 Å². The molecule has 0 unspecified atom stereocenters. The van der Waals surface area contributed by atoms with Crippen LogP contribution in [0.15, 0.2) is 29.2 Å². The first-order valence-corrected chi connectivity index (χ1v) is 8.50. The maximum atomic E-state index is 12.7. The van der Waals surface area contributed by atoms with Gasteiger partial charge in [0.15, 0.2) is 0 Å². The molecule has 8 heteroatoms. The lowest BCUT2D eigenvalue weighted by molar-refractivity contribution is -0.385. The Morgan fingerprint density at radius 3 is 2.68 bits per heavy atom. The Morgan fingerprint density at radius 2 is 2.14 bits per heavy atom. The van der Waals surface area contributed by atoms with E-state index < -0.39 is 14.9 Å². The fourth-order valence-corrected chi connectivity index (χ4v) is 3.91. The van der Waals surface area contributed by atoms with Gasteiger partial charge in [-0.15, -0.1) is 0 Å². The van der Waals surface area contributed by atoms with E-state index in [0.29, 0.717) is 12.5 Å². The van der Waals surface area contributed by atoms with Gasteiger partial charge in [0.2, 0.25) is 10.0 Å². The molecule has 0 heterocycles. The van der Waals surface area contributed by atoms with Crippen LogP contribution in [0.1, 0.15) is 25.7 Å². The number of nitro benzene ring substituents is 1. The van der Waals surface area contributed by atoms with Crippen LogP contribution in [-0.2, 0) is 10.0 Å². The number of rotatable bonds is 7. The number of nitro groups is 1. The molecule has 0 radical (unpaired) electrons. The van der Waals surface area contributed by atoms with Crippen LogP contribution in [0, 0.1) is 27.4 Å². The van der Waals surface area contributed by atoms with Gasteiger partial charge in [-0.2, -0.15) is 9.57 Å². The first-order chi connectivity index (χ1) is 10.4. The van der Waals surface area contributed by atoms with Crippen LogP contribution in [0.2, 0.25) is 0 Å². The fourth-order valence-electron chi connectivity index (χ4n) is 2.35. The molecule has 7 nitrogen and oxygen atoms in total. The van der Waals surface area contributed by atoms with Crippen molar-refractivity contribution in [2.75, 3.05) is 13.1 Å². The van der Waals surface area contributed by atoms with Crippen LogP contribution in [0.25, 0.3) is 0 Å². The zero-order valence-electron chi connectivity index (χ0n) is 12.0. The van der Waals surface area contributed by atoms with Gasteiger partial charge >= 0.3 is 0 Å². The number of sulfonamides is 1. The van der Waals surface area contributed by atoms with Crippen molar-refractivity contribution in [3.63, 3.8) is 0 Å². The molecule has 0 bridgehead atoms. The summed E-state index contributed by atoms with van der Waals surface area (Å²) >= 11 is 0. The molecule has 1 aromatic carbocycles. The first-order valence-electron chi connectivity index (χ1n) is 7.06. The standard InChI is InChI=1S/C14H17N3O4S/c15-8-3-9-16(11-12-4-1-5-12)22(20,21)14-7-2-6-13(10-14)17(18)19/h2,6-7,10,12H,1,3-5,9,11H2. The van der Waals surface area contributed by atoms with E-state index in [2.05, 4.69) is 0 Å². The van der Waals surface area contributed by atoms with E-state index in [9.17, 15) is 18.5 Å². The molecule has 0 N–H and O–H groups in total. The van der Waals surface area contributed by atoms with Crippen molar-refractivity contribution in [1.29, 1.82) is 5.26 Å². The summed E-state index contributed by atoms with van der Waals surface area (Å²) in [4.78, 5) is 10.1. The lowest BCUT2D eigenvalue weighted by Crippen LogP contribution is -2.38. The van der Waals surface area contributed by atoms with Gasteiger partial charge in [-0.25, -0.2) is 8.42 Å². The van der Waals surface area contributed by atoms with Gasteiger partial charge in [0.25, 0.3) is 5.69 Å². The Balaban J connectivity index is 2.28. The lowest BCUT2D eigenvalue weighted by Gasteiger charge is -2.31. The highest BCUT2D eigenvalue weighted by Crippen LogP contribution is 2.29. The zero-order chi connectivity index (χ0) is 16.2. The van der Waals surface area contributed by atoms with Gasteiger partial charge in [0.05, 0.1) is 15.9 Å². The predicted molar refractivity (Wildman–Crippen MR) is 79.4 cm³/mol. The summed E-state index contributed by atoms with van der Waals surface area (Å²) in [5.41, 5.74) is -0.259. The van der Waals surface area contributed by atoms with Crippen LogP contribution in [-0.4, -0.2) is 30.7 Å². The molecule has 1 aliphatic carbocycles. The molecule has 0 aliphatic heterocycles. The Morgan fingerprint density at radius 1 is 1.41 bits per heavy atom. The maximum Gasteiger partial charge on any atom is 0.270 e. The second-order valence-electron chi connectivity index (χ2n) is 5.32. The minimum Gasteiger partial charge on any atom is -0.258 e. The van der Waals surface area contributed by atoms with Gasteiger partial charge in [0, 0.05) is 31.6 Å². The van der Waals surface area contributed by atoms with Crippen LogP contribution < -0.4 is 0 Å². The smallest absolute Gasteiger partial charge is 0.258 e. The molecule has 118 valence electrons. The highest BCUT2D eigenvalue weighted by molar-refractivity contribution is 7.89. The molecule has 1 saturated carbocycles. The normalized spacial score (nSPS) is 15.3. The summed E-state index contributed by atoms with van der Waals surface area (Å²) < 4.78 is 26.6. The average Bonchev–Trinajstić information content (AvgIpc) is 2.45. The Hall–Kier alpha value is -1.98. The minimum atomic E-state index is -3.82. The first kappa shape index (κ1) is 16.4. The van der Waals surface area contributed by atoms with Gasteiger partial charge in [0.1, 0.15) is 0 Å². The second-order valence-corrected chi connectivity index (χ2v) is 7.26. The Labute approximate surface area is 129 Å². The number of hydrogen-bond donors (Lipinski definition) is 0. The second kappa shape index (κ2) is 6.85. The molecular weight excluding hydrogens is 306 g/mol. The highest BCUT2D eigenvalue weighted by Gasteiger charge is 2.30. The third kappa shape index (κ3) is 3.61. The molecule has 1 aliphatic rings. The van der Waals surface area contributed by atoms with Crippen molar-refractivity contribution in [1.82, 2.24) is 4.31 Å². The van der Waals surface area contributed by atoms with Crippen molar-refractivity contribution in [3.05, 3.63) is 34.4 Å².